The second kappa shape index (κ2) is 9.82. The van der Waals surface area contributed by atoms with Gasteiger partial charge in [0, 0.05) is 11.6 Å². The van der Waals surface area contributed by atoms with Gasteiger partial charge in [-0.3, -0.25) is 14.5 Å². The second-order valence-corrected chi connectivity index (χ2v) is 8.94. The molecule has 5 nitrogen and oxygen atoms in total. The fourth-order valence-corrected chi connectivity index (χ4v) is 4.66. The van der Waals surface area contributed by atoms with E-state index in [4.69, 9.17) is 9.47 Å². The predicted octanol–water partition coefficient (Wildman–Crippen LogP) is 5.85. The molecule has 0 unspecified atom stereocenters. The molecule has 0 bridgehead atoms. The third-order valence-corrected chi connectivity index (χ3v) is 5.98. The number of carbonyl (C=O) groups is 2. The predicted molar refractivity (Wildman–Crippen MR) is 124 cm³/mol. The second-order valence-electron chi connectivity index (χ2n) is 6.79. The van der Waals surface area contributed by atoms with E-state index in [1.807, 2.05) is 13.0 Å². The van der Waals surface area contributed by atoms with Crippen LogP contribution in [-0.2, 0) is 11.4 Å². The maximum Gasteiger partial charge on any atom is 0.293 e. The Morgan fingerprint density at radius 3 is 2.57 bits per heavy atom. The molecule has 1 aliphatic heterocycles. The minimum absolute atomic E-state index is 0.0649. The molecule has 158 valence electrons. The molecule has 1 aliphatic rings. The zero-order chi connectivity index (χ0) is 21.8. The van der Waals surface area contributed by atoms with Gasteiger partial charge in [-0.15, -0.1) is 0 Å². The summed E-state index contributed by atoms with van der Waals surface area (Å²) in [6.07, 6.45) is 1.68. The maximum absolute atomic E-state index is 13.9. The number of benzene rings is 2. The summed E-state index contributed by atoms with van der Waals surface area (Å²) in [5, 5.41) is -0.272. The van der Waals surface area contributed by atoms with Gasteiger partial charge in [0.15, 0.2) is 11.5 Å². The van der Waals surface area contributed by atoms with Crippen LogP contribution in [0.2, 0.25) is 0 Å². The molecule has 0 aromatic heterocycles. The van der Waals surface area contributed by atoms with Crippen molar-refractivity contribution in [1.29, 1.82) is 0 Å². The first-order chi connectivity index (χ1) is 14.3. The summed E-state index contributed by atoms with van der Waals surface area (Å²) in [7, 11) is 0. The Balaban J connectivity index is 1.89. The lowest BCUT2D eigenvalue weighted by Crippen LogP contribution is -2.34. The van der Waals surface area contributed by atoms with E-state index in [0.717, 1.165) is 20.9 Å². The van der Waals surface area contributed by atoms with Crippen LogP contribution >= 0.6 is 34.4 Å². The number of imide groups is 1. The molecule has 30 heavy (non-hydrogen) atoms. The molecule has 8 heteroatoms. The Bertz CT molecular complexity index is 1010. The lowest BCUT2D eigenvalue weighted by Gasteiger charge is -2.16. The van der Waals surface area contributed by atoms with Crippen molar-refractivity contribution in [2.75, 3.05) is 6.61 Å². The van der Waals surface area contributed by atoms with Crippen LogP contribution in [0.4, 0.5) is 9.18 Å². The standard InChI is InChI=1S/C22H21FINO4S/c1-4-28-18-10-14(11-19-21(26)25(13(2)3)22(27)30-19)9-17(24)20(18)29-12-15-7-5-6-8-16(15)23/h5-11,13H,4,12H2,1-3H3/b19-11-. The van der Waals surface area contributed by atoms with Crippen LogP contribution in [0.1, 0.15) is 31.9 Å². The molecule has 1 fully saturated rings. The zero-order valence-corrected chi connectivity index (χ0v) is 19.8. The molecular formula is C22H21FINO4S. The Kier molecular flexibility index (Phi) is 7.41. The summed E-state index contributed by atoms with van der Waals surface area (Å²) in [5.74, 6) is 0.374. The zero-order valence-electron chi connectivity index (χ0n) is 16.8. The topological polar surface area (TPSA) is 55.8 Å². The van der Waals surface area contributed by atoms with Gasteiger partial charge in [0.1, 0.15) is 12.4 Å². The average Bonchev–Trinajstić information content (AvgIpc) is 2.96. The monoisotopic (exact) mass is 541 g/mol. The van der Waals surface area contributed by atoms with Crippen LogP contribution < -0.4 is 9.47 Å². The quantitative estimate of drug-likeness (QED) is 0.325. The van der Waals surface area contributed by atoms with Gasteiger partial charge in [0.25, 0.3) is 11.1 Å². The molecule has 0 N–H and O–H groups in total. The van der Waals surface area contributed by atoms with E-state index in [2.05, 4.69) is 22.6 Å². The van der Waals surface area contributed by atoms with E-state index in [0.29, 0.717) is 28.6 Å². The normalized spacial score (nSPS) is 15.4. The number of ether oxygens (including phenoxy) is 2. The molecular weight excluding hydrogens is 520 g/mol. The summed E-state index contributed by atoms with van der Waals surface area (Å²) in [4.78, 5) is 26.3. The fourth-order valence-electron chi connectivity index (χ4n) is 2.92. The van der Waals surface area contributed by atoms with Crippen LogP contribution in [0.5, 0.6) is 11.5 Å². The van der Waals surface area contributed by atoms with Gasteiger partial charge in [-0.25, -0.2) is 4.39 Å². The highest BCUT2D eigenvalue weighted by molar-refractivity contribution is 14.1. The molecule has 0 radical (unpaired) electrons. The molecule has 2 amide bonds. The van der Waals surface area contributed by atoms with Crippen molar-refractivity contribution in [1.82, 2.24) is 4.90 Å². The van der Waals surface area contributed by atoms with Crippen molar-refractivity contribution in [3.63, 3.8) is 0 Å². The maximum atomic E-state index is 13.9. The number of hydrogen-bond donors (Lipinski definition) is 0. The number of halogens is 2. The van der Waals surface area contributed by atoms with Gasteiger partial charge in [-0.1, -0.05) is 18.2 Å². The van der Waals surface area contributed by atoms with Crippen LogP contribution in [0.15, 0.2) is 41.3 Å². The molecule has 0 spiro atoms. The van der Waals surface area contributed by atoms with Crippen molar-refractivity contribution >= 4 is 51.6 Å². The first-order valence-corrected chi connectivity index (χ1v) is 11.3. The van der Waals surface area contributed by atoms with Gasteiger partial charge < -0.3 is 9.47 Å². The summed E-state index contributed by atoms with van der Waals surface area (Å²) in [6.45, 7) is 5.94. The first kappa shape index (κ1) is 22.6. The molecule has 3 rings (SSSR count). The minimum atomic E-state index is -0.331. The molecule has 2 aromatic carbocycles. The van der Waals surface area contributed by atoms with E-state index in [1.54, 1.807) is 44.2 Å². The van der Waals surface area contributed by atoms with Gasteiger partial charge >= 0.3 is 0 Å². The molecule has 0 atom stereocenters. The first-order valence-electron chi connectivity index (χ1n) is 9.41. The van der Waals surface area contributed by atoms with Crippen LogP contribution in [-0.4, -0.2) is 28.7 Å². The Labute approximate surface area is 192 Å². The van der Waals surface area contributed by atoms with Crippen LogP contribution in [0, 0.1) is 9.39 Å². The largest absolute Gasteiger partial charge is 0.490 e. The van der Waals surface area contributed by atoms with Gasteiger partial charge in [0.2, 0.25) is 0 Å². The molecule has 0 aliphatic carbocycles. The van der Waals surface area contributed by atoms with Gasteiger partial charge in [-0.2, -0.15) is 0 Å². The molecule has 2 aromatic rings. The van der Waals surface area contributed by atoms with Gasteiger partial charge in [-0.05, 0) is 85.0 Å². The summed E-state index contributed by atoms with van der Waals surface area (Å²) >= 11 is 3.04. The van der Waals surface area contributed by atoms with Crippen molar-refractivity contribution in [3.8, 4) is 11.5 Å². The Morgan fingerprint density at radius 2 is 1.93 bits per heavy atom. The van der Waals surface area contributed by atoms with Gasteiger partial charge in [0.05, 0.1) is 15.1 Å². The third kappa shape index (κ3) is 4.97. The fraction of sp³-hybridized carbons (Fsp3) is 0.273. The highest BCUT2D eigenvalue weighted by Crippen LogP contribution is 2.38. The smallest absolute Gasteiger partial charge is 0.293 e. The SMILES string of the molecule is CCOc1cc(/C=C2\SC(=O)N(C(C)C)C2=O)cc(I)c1OCc1ccccc1F. The lowest BCUT2D eigenvalue weighted by atomic mass is 10.1. The Morgan fingerprint density at radius 1 is 1.20 bits per heavy atom. The number of amides is 2. The average molecular weight is 541 g/mol. The van der Waals surface area contributed by atoms with Crippen LogP contribution in [0.3, 0.4) is 0 Å². The lowest BCUT2D eigenvalue weighted by molar-refractivity contribution is -0.123. The van der Waals surface area contributed by atoms with E-state index in [-0.39, 0.29) is 29.6 Å². The van der Waals surface area contributed by atoms with Crippen molar-refractivity contribution in [2.24, 2.45) is 0 Å². The molecule has 1 heterocycles. The van der Waals surface area contributed by atoms with E-state index in [9.17, 15) is 14.0 Å². The number of hydrogen-bond acceptors (Lipinski definition) is 5. The van der Waals surface area contributed by atoms with Crippen molar-refractivity contribution in [3.05, 3.63) is 61.8 Å². The highest BCUT2D eigenvalue weighted by atomic mass is 127. The minimum Gasteiger partial charge on any atom is -0.490 e. The van der Waals surface area contributed by atoms with E-state index < -0.39 is 0 Å². The number of rotatable bonds is 7. The third-order valence-electron chi connectivity index (χ3n) is 4.30. The summed E-state index contributed by atoms with van der Waals surface area (Å²) < 4.78 is 26.3. The van der Waals surface area contributed by atoms with E-state index in [1.165, 1.54) is 11.0 Å². The van der Waals surface area contributed by atoms with Crippen molar-refractivity contribution in [2.45, 2.75) is 33.4 Å². The molecule has 1 saturated heterocycles. The number of nitrogens with zero attached hydrogens (tertiary/aromatic N) is 1. The van der Waals surface area contributed by atoms with Crippen LogP contribution in [0.25, 0.3) is 6.08 Å². The van der Waals surface area contributed by atoms with Crippen molar-refractivity contribution < 1.29 is 23.5 Å². The van der Waals surface area contributed by atoms with E-state index >= 15 is 0 Å². The highest BCUT2D eigenvalue weighted by Gasteiger charge is 2.36. The summed E-state index contributed by atoms with van der Waals surface area (Å²) in [6, 6.07) is 9.83. The Hall–Kier alpha value is -2.07. The number of carbonyl (C=O) groups excluding carboxylic acids is 2. The molecule has 0 saturated carbocycles. The summed E-state index contributed by atoms with van der Waals surface area (Å²) in [5.41, 5.74) is 1.16. The number of thioether (sulfide) groups is 1.